The fourth-order valence-electron chi connectivity index (χ4n) is 1.76. The molecule has 0 aliphatic heterocycles. The third-order valence-electron chi connectivity index (χ3n) is 2.56. The van der Waals surface area contributed by atoms with Gasteiger partial charge in [0, 0.05) is 22.0 Å². The average molecular weight is 252 g/mol. The van der Waals surface area contributed by atoms with Crippen LogP contribution in [0.15, 0.2) is 29.6 Å². The summed E-state index contributed by atoms with van der Waals surface area (Å²) in [4.78, 5) is 1.31. The number of rotatable bonds is 3. The van der Waals surface area contributed by atoms with Gasteiger partial charge in [0.15, 0.2) is 0 Å². The fourth-order valence-corrected chi connectivity index (χ4v) is 2.77. The maximum absolute atomic E-state index is 6.31. The number of hydrogen-bond acceptors (Lipinski definition) is 2. The molecule has 0 spiro atoms. The predicted octanol–water partition coefficient (Wildman–Crippen LogP) is 4.10. The van der Waals surface area contributed by atoms with E-state index in [0.717, 1.165) is 17.1 Å². The van der Waals surface area contributed by atoms with Gasteiger partial charge in [0.1, 0.15) is 0 Å². The zero-order valence-corrected chi connectivity index (χ0v) is 11.0. The molecule has 0 aliphatic carbocycles. The smallest absolute Gasteiger partial charge is 0.0488 e. The molecule has 16 heavy (non-hydrogen) atoms. The SMILES string of the molecule is CNCc1ccc(-c2ccsc2C)c(Cl)c1. The Labute approximate surface area is 105 Å². The van der Waals surface area contributed by atoms with Crippen molar-refractivity contribution in [2.24, 2.45) is 0 Å². The Morgan fingerprint density at radius 2 is 2.06 bits per heavy atom. The molecule has 0 bridgehead atoms. The molecule has 0 amide bonds. The molecule has 0 saturated carbocycles. The van der Waals surface area contributed by atoms with Crippen molar-refractivity contribution in [1.29, 1.82) is 0 Å². The van der Waals surface area contributed by atoms with E-state index in [1.54, 1.807) is 11.3 Å². The van der Waals surface area contributed by atoms with E-state index in [0.29, 0.717) is 0 Å². The maximum Gasteiger partial charge on any atom is 0.0488 e. The molecular weight excluding hydrogens is 238 g/mol. The number of thiophene rings is 1. The number of halogens is 1. The zero-order valence-electron chi connectivity index (χ0n) is 9.38. The van der Waals surface area contributed by atoms with Crippen LogP contribution in [0.25, 0.3) is 11.1 Å². The first kappa shape index (κ1) is 11.6. The van der Waals surface area contributed by atoms with Gasteiger partial charge in [-0.05, 0) is 42.6 Å². The van der Waals surface area contributed by atoms with Crippen molar-refractivity contribution in [3.8, 4) is 11.1 Å². The van der Waals surface area contributed by atoms with Gasteiger partial charge in [-0.1, -0.05) is 23.7 Å². The fraction of sp³-hybridized carbons (Fsp3) is 0.231. The molecule has 0 fully saturated rings. The van der Waals surface area contributed by atoms with Crippen molar-refractivity contribution in [2.75, 3.05) is 7.05 Å². The monoisotopic (exact) mass is 251 g/mol. The lowest BCUT2D eigenvalue weighted by atomic mass is 10.0. The van der Waals surface area contributed by atoms with Crippen LogP contribution >= 0.6 is 22.9 Å². The lowest BCUT2D eigenvalue weighted by Crippen LogP contribution is -2.04. The minimum atomic E-state index is 0.828. The Morgan fingerprint density at radius 3 is 2.62 bits per heavy atom. The second-order valence-corrected chi connectivity index (χ2v) is 5.26. The van der Waals surface area contributed by atoms with Crippen LogP contribution in [-0.2, 0) is 6.54 Å². The van der Waals surface area contributed by atoms with Gasteiger partial charge >= 0.3 is 0 Å². The van der Waals surface area contributed by atoms with Crippen LogP contribution in [0.4, 0.5) is 0 Å². The van der Waals surface area contributed by atoms with Crippen LogP contribution in [0.3, 0.4) is 0 Å². The van der Waals surface area contributed by atoms with Crippen molar-refractivity contribution in [3.63, 3.8) is 0 Å². The van der Waals surface area contributed by atoms with Gasteiger partial charge in [0.05, 0.1) is 0 Å². The highest BCUT2D eigenvalue weighted by molar-refractivity contribution is 7.10. The molecule has 3 heteroatoms. The van der Waals surface area contributed by atoms with Crippen LogP contribution < -0.4 is 5.32 Å². The Bertz CT molecular complexity index is 490. The molecule has 84 valence electrons. The maximum atomic E-state index is 6.31. The predicted molar refractivity (Wildman–Crippen MR) is 72.3 cm³/mol. The number of hydrogen-bond donors (Lipinski definition) is 1. The van der Waals surface area contributed by atoms with E-state index in [2.05, 4.69) is 35.8 Å². The summed E-state index contributed by atoms with van der Waals surface area (Å²) in [6, 6.07) is 8.38. The molecule has 1 nitrogen and oxygen atoms in total. The van der Waals surface area contributed by atoms with E-state index < -0.39 is 0 Å². The van der Waals surface area contributed by atoms with Gasteiger partial charge in [-0.3, -0.25) is 0 Å². The van der Waals surface area contributed by atoms with E-state index in [1.165, 1.54) is 16.0 Å². The highest BCUT2D eigenvalue weighted by atomic mass is 35.5. The van der Waals surface area contributed by atoms with E-state index in [4.69, 9.17) is 11.6 Å². The van der Waals surface area contributed by atoms with Gasteiger partial charge < -0.3 is 5.32 Å². The van der Waals surface area contributed by atoms with E-state index >= 15 is 0 Å². The molecule has 1 N–H and O–H groups in total. The molecule has 2 rings (SSSR count). The van der Waals surface area contributed by atoms with Gasteiger partial charge in [0.25, 0.3) is 0 Å². The van der Waals surface area contributed by atoms with Crippen LogP contribution in [0.1, 0.15) is 10.4 Å². The topological polar surface area (TPSA) is 12.0 Å². The van der Waals surface area contributed by atoms with Crippen molar-refractivity contribution < 1.29 is 0 Å². The number of aryl methyl sites for hydroxylation is 1. The molecule has 0 aliphatic rings. The molecule has 1 aromatic carbocycles. The van der Waals surface area contributed by atoms with Gasteiger partial charge in [-0.2, -0.15) is 0 Å². The molecule has 0 radical (unpaired) electrons. The second kappa shape index (κ2) is 5.00. The molecule has 1 aromatic heterocycles. The van der Waals surface area contributed by atoms with E-state index in [1.807, 2.05) is 13.1 Å². The van der Waals surface area contributed by atoms with Crippen molar-refractivity contribution >= 4 is 22.9 Å². The van der Waals surface area contributed by atoms with E-state index in [9.17, 15) is 0 Å². The Morgan fingerprint density at radius 1 is 1.25 bits per heavy atom. The van der Waals surface area contributed by atoms with Gasteiger partial charge in [-0.15, -0.1) is 11.3 Å². The largest absolute Gasteiger partial charge is 0.316 e. The molecule has 0 saturated heterocycles. The average Bonchev–Trinajstić information content (AvgIpc) is 2.65. The standard InChI is InChI=1S/C13H14ClNS/c1-9-11(5-6-16-9)12-4-3-10(8-15-2)7-13(12)14/h3-7,15H,8H2,1-2H3. The van der Waals surface area contributed by atoms with Crippen molar-refractivity contribution in [3.05, 3.63) is 45.1 Å². The summed E-state index contributed by atoms with van der Waals surface area (Å²) < 4.78 is 0. The third kappa shape index (κ3) is 2.29. The first-order valence-corrected chi connectivity index (χ1v) is 6.45. The zero-order chi connectivity index (χ0) is 11.5. The first-order chi connectivity index (χ1) is 7.72. The Hall–Kier alpha value is -0.830. The van der Waals surface area contributed by atoms with Gasteiger partial charge in [-0.25, -0.2) is 0 Å². The normalized spacial score (nSPS) is 10.7. The molecule has 2 aromatic rings. The summed E-state index contributed by atoms with van der Waals surface area (Å²) in [5.41, 5.74) is 3.58. The summed E-state index contributed by atoms with van der Waals surface area (Å²) >= 11 is 8.06. The second-order valence-electron chi connectivity index (χ2n) is 3.73. The quantitative estimate of drug-likeness (QED) is 0.866. The molecule has 0 unspecified atom stereocenters. The van der Waals surface area contributed by atoms with Gasteiger partial charge in [0.2, 0.25) is 0 Å². The van der Waals surface area contributed by atoms with Crippen LogP contribution in [0.5, 0.6) is 0 Å². The van der Waals surface area contributed by atoms with Crippen LogP contribution in [0.2, 0.25) is 5.02 Å². The molecular formula is C13H14ClNS. The minimum absolute atomic E-state index is 0.828. The van der Waals surface area contributed by atoms with Crippen molar-refractivity contribution in [1.82, 2.24) is 5.32 Å². The lowest BCUT2D eigenvalue weighted by molar-refractivity contribution is 0.818. The molecule has 0 atom stereocenters. The number of nitrogens with one attached hydrogen (secondary N) is 1. The van der Waals surface area contributed by atoms with Crippen LogP contribution in [0, 0.1) is 6.92 Å². The lowest BCUT2D eigenvalue weighted by Gasteiger charge is -2.06. The minimum Gasteiger partial charge on any atom is -0.316 e. The Kier molecular flexibility index (Phi) is 3.64. The van der Waals surface area contributed by atoms with E-state index in [-0.39, 0.29) is 0 Å². The summed E-state index contributed by atoms with van der Waals surface area (Å²) in [6.07, 6.45) is 0. The highest BCUT2D eigenvalue weighted by Gasteiger charge is 2.07. The number of benzene rings is 1. The highest BCUT2D eigenvalue weighted by Crippen LogP contribution is 2.33. The summed E-state index contributed by atoms with van der Waals surface area (Å²) in [7, 11) is 1.94. The summed E-state index contributed by atoms with van der Waals surface area (Å²) in [5.74, 6) is 0. The third-order valence-corrected chi connectivity index (χ3v) is 3.72. The summed E-state index contributed by atoms with van der Waals surface area (Å²) in [5, 5.41) is 6.05. The molecule has 1 heterocycles. The van der Waals surface area contributed by atoms with Crippen LogP contribution in [-0.4, -0.2) is 7.05 Å². The summed E-state index contributed by atoms with van der Waals surface area (Å²) in [6.45, 7) is 2.97. The van der Waals surface area contributed by atoms with Crippen molar-refractivity contribution in [2.45, 2.75) is 13.5 Å². The Balaban J connectivity index is 2.40. The first-order valence-electron chi connectivity index (χ1n) is 5.20.